The Kier molecular flexibility index (Phi) is 6.54. The van der Waals surface area contributed by atoms with E-state index in [1.807, 2.05) is 66.3 Å². The van der Waals surface area contributed by atoms with Crippen LogP contribution in [0.1, 0.15) is 6.42 Å². The van der Waals surface area contributed by atoms with Crippen LogP contribution in [0, 0.1) is 5.41 Å². The number of hydrogen-bond acceptors (Lipinski definition) is 6. The molecular weight excluding hydrogens is 412 g/mol. The van der Waals surface area contributed by atoms with Crippen LogP contribution in [0.15, 0.2) is 95.8 Å². The van der Waals surface area contributed by atoms with Gasteiger partial charge in [0.1, 0.15) is 12.4 Å². The van der Waals surface area contributed by atoms with Gasteiger partial charge in [0.05, 0.1) is 42.1 Å². The Morgan fingerprint density at radius 1 is 1.00 bits per heavy atom. The lowest BCUT2D eigenvalue weighted by Gasteiger charge is -2.16. The molecule has 3 aromatic rings. The van der Waals surface area contributed by atoms with Crippen LogP contribution >= 0.6 is 0 Å². The smallest absolute Gasteiger partial charge is 0.243 e. The molecule has 8 heteroatoms. The Morgan fingerprint density at radius 3 is 2.42 bits per heavy atom. The van der Waals surface area contributed by atoms with Gasteiger partial charge in [0.15, 0.2) is 0 Å². The van der Waals surface area contributed by atoms with Crippen molar-refractivity contribution in [1.29, 1.82) is 5.41 Å². The summed E-state index contributed by atoms with van der Waals surface area (Å²) >= 11 is 0. The highest BCUT2D eigenvalue weighted by molar-refractivity contribution is 6.23. The van der Waals surface area contributed by atoms with Gasteiger partial charge in [-0.15, -0.1) is 0 Å². The first-order valence-electron chi connectivity index (χ1n) is 10.8. The monoisotopic (exact) mass is 441 g/mol. The first-order valence-corrected chi connectivity index (χ1v) is 10.8. The minimum Gasteiger partial charge on any atom is -0.399 e. The van der Waals surface area contributed by atoms with Gasteiger partial charge >= 0.3 is 0 Å². The van der Waals surface area contributed by atoms with Crippen LogP contribution in [0.2, 0.25) is 0 Å². The SMILES string of the molecule is C[n+]1ccn(CCCNc2ccc(/N=C3/C=C(Nc4ccc(N)cc4)C(=N)C=C3N)cc2)c1. The Labute approximate surface area is 193 Å². The average molecular weight is 442 g/mol. The summed E-state index contributed by atoms with van der Waals surface area (Å²) in [5.41, 5.74) is 17.3. The molecule has 7 N–H and O–H groups in total. The van der Waals surface area contributed by atoms with Crippen molar-refractivity contribution in [3.8, 4) is 0 Å². The van der Waals surface area contributed by atoms with E-state index in [0.29, 0.717) is 28.5 Å². The van der Waals surface area contributed by atoms with E-state index in [-0.39, 0.29) is 0 Å². The number of nitrogens with one attached hydrogen (secondary N) is 3. The molecule has 0 atom stereocenters. The second-order valence-electron chi connectivity index (χ2n) is 7.96. The second-order valence-corrected chi connectivity index (χ2v) is 7.96. The molecule has 1 aromatic heterocycles. The van der Waals surface area contributed by atoms with Gasteiger partial charge in [-0.05, 0) is 60.7 Å². The van der Waals surface area contributed by atoms with E-state index in [1.54, 1.807) is 12.2 Å². The fourth-order valence-electron chi connectivity index (χ4n) is 3.45. The Bertz CT molecular complexity index is 1210. The standard InChI is InChI=1S/C25H29N8/c1-32-13-14-33(17-32)12-2-11-29-19-7-9-21(10-8-19)31-25-16-24(22(27)15-23(25)28)30-20-5-3-18(26)4-6-20/h3-10,13-17,27,29-30H,2,11-12,26,28H2,1H3/q+1/b27-22?,31-25-. The van der Waals surface area contributed by atoms with Crippen molar-refractivity contribution in [2.45, 2.75) is 13.0 Å². The van der Waals surface area contributed by atoms with E-state index in [1.165, 1.54) is 0 Å². The van der Waals surface area contributed by atoms with Crippen LogP contribution in [0.25, 0.3) is 0 Å². The highest BCUT2D eigenvalue weighted by Gasteiger charge is 2.14. The summed E-state index contributed by atoms with van der Waals surface area (Å²) in [5.74, 6) is 0. The van der Waals surface area contributed by atoms with Gasteiger partial charge < -0.3 is 22.1 Å². The lowest BCUT2D eigenvalue weighted by molar-refractivity contribution is -0.671. The molecule has 0 spiro atoms. The van der Waals surface area contributed by atoms with Crippen LogP contribution in [-0.4, -0.2) is 22.5 Å². The third-order valence-electron chi connectivity index (χ3n) is 5.22. The molecule has 33 heavy (non-hydrogen) atoms. The van der Waals surface area contributed by atoms with Gasteiger partial charge in [0.25, 0.3) is 0 Å². The van der Waals surface area contributed by atoms with Crippen LogP contribution in [0.3, 0.4) is 0 Å². The number of rotatable bonds is 8. The summed E-state index contributed by atoms with van der Waals surface area (Å²) < 4.78 is 4.21. The molecule has 1 aliphatic carbocycles. The number of aromatic nitrogens is 2. The zero-order chi connectivity index (χ0) is 23.2. The molecule has 0 unspecified atom stereocenters. The number of nitrogens with zero attached hydrogens (tertiary/aromatic N) is 3. The first-order chi connectivity index (χ1) is 16.0. The van der Waals surface area contributed by atoms with Gasteiger partial charge in [-0.1, -0.05) is 0 Å². The predicted octanol–water partition coefficient (Wildman–Crippen LogP) is 3.34. The fourth-order valence-corrected chi connectivity index (χ4v) is 3.45. The number of hydrogen-bond donors (Lipinski definition) is 5. The summed E-state index contributed by atoms with van der Waals surface area (Å²) in [6.07, 6.45) is 10.6. The van der Waals surface area contributed by atoms with E-state index < -0.39 is 0 Å². The van der Waals surface area contributed by atoms with Crippen molar-refractivity contribution in [2.24, 2.45) is 17.8 Å². The van der Waals surface area contributed by atoms with E-state index in [2.05, 4.69) is 32.7 Å². The quantitative estimate of drug-likeness (QED) is 0.159. The van der Waals surface area contributed by atoms with Crippen LogP contribution in [0.4, 0.5) is 22.7 Å². The van der Waals surface area contributed by atoms with Crippen molar-refractivity contribution in [3.05, 3.63) is 90.8 Å². The van der Waals surface area contributed by atoms with Gasteiger partial charge in [0.2, 0.25) is 6.33 Å². The molecule has 4 rings (SSSR count). The van der Waals surface area contributed by atoms with Crippen molar-refractivity contribution >= 4 is 34.2 Å². The number of imidazole rings is 1. The maximum atomic E-state index is 8.22. The van der Waals surface area contributed by atoms with E-state index in [4.69, 9.17) is 16.9 Å². The van der Waals surface area contributed by atoms with Crippen molar-refractivity contribution in [1.82, 2.24) is 4.57 Å². The highest BCUT2D eigenvalue weighted by atomic mass is 15.1. The van der Waals surface area contributed by atoms with Crippen molar-refractivity contribution in [2.75, 3.05) is 22.9 Å². The fraction of sp³-hybridized carbons (Fsp3) is 0.160. The first kappa shape index (κ1) is 21.9. The summed E-state index contributed by atoms with van der Waals surface area (Å²) in [4.78, 5) is 4.68. The molecule has 168 valence electrons. The molecule has 0 radical (unpaired) electrons. The number of anilines is 3. The Morgan fingerprint density at radius 2 is 1.73 bits per heavy atom. The molecule has 0 amide bonds. The summed E-state index contributed by atoms with van der Waals surface area (Å²) in [7, 11) is 2.02. The molecule has 0 saturated carbocycles. The Hall–Kier alpha value is -4.33. The minimum atomic E-state index is 0.302. The molecule has 2 aromatic carbocycles. The van der Waals surface area contributed by atoms with Gasteiger partial charge in [0, 0.05) is 30.0 Å². The number of nitrogens with two attached hydrogens (primary N) is 2. The summed E-state index contributed by atoms with van der Waals surface area (Å²) in [6, 6.07) is 15.3. The summed E-state index contributed by atoms with van der Waals surface area (Å²) in [6.45, 7) is 1.86. The molecule has 8 nitrogen and oxygen atoms in total. The van der Waals surface area contributed by atoms with E-state index in [0.717, 1.165) is 36.6 Å². The normalized spacial score (nSPS) is 14.7. The van der Waals surface area contributed by atoms with Gasteiger partial charge in [-0.3, -0.25) is 5.41 Å². The molecule has 0 bridgehead atoms. The van der Waals surface area contributed by atoms with E-state index >= 15 is 0 Å². The van der Waals surface area contributed by atoms with Gasteiger partial charge in [-0.2, -0.15) is 0 Å². The maximum absolute atomic E-state index is 8.22. The zero-order valence-electron chi connectivity index (χ0n) is 18.6. The number of aryl methyl sites for hydroxylation is 2. The lowest BCUT2D eigenvalue weighted by atomic mass is 10.0. The third kappa shape index (κ3) is 5.88. The third-order valence-corrected chi connectivity index (χ3v) is 5.22. The molecule has 1 aliphatic rings. The maximum Gasteiger partial charge on any atom is 0.243 e. The van der Waals surface area contributed by atoms with Crippen LogP contribution < -0.4 is 26.7 Å². The minimum absolute atomic E-state index is 0.302. The van der Waals surface area contributed by atoms with Gasteiger partial charge in [-0.25, -0.2) is 14.1 Å². The predicted molar refractivity (Wildman–Crippen MR) is 135 cm³/mol. The number of benzene rings is 2. The molecule has 1 heterocycles. The highest BCUT2D eigenvalue weighted by Crippen LogP contribution is 2.21. The summed E-state index contributed by atoms with van der Waals surface area (Å²) in [5, 5.41) is 14.9. The lowest BCUT2D eigenvalue weighted by Crippen LogP contribution is -2.23. The molecule has 0 saturated heterocycles. The van der Waals surface area contributed by atoms with E-state index in [9.17, 15) is 0 Å². The number of nitrogen functional groups attached to an aromatic ring is 1. The molecular formula is C25H29N8+. The number of allylic oxidation sites excluding steroid dienone is 2. The van der Waals surface area contributed by atoms with Crippen LogP contribution in [-0.2, 0) is 13.6 Å². The second kappa shape index (κ2) is 9.86. The molecule has 0 fully saturated rings. The number of aliphatic imine (C=N–C) groups is 1. The van der Waals surface area contributed by atoms with Crippen molar-refractivity contribution in [3.63, 3.8) is 0 Å². The zero-order valence-corrected chi connectivity index (χ0v) is 18.6. The largest absolute Gasteiger partial charge is 0.399 e. The van der Waals surface area contributed by atoms with Crippen molar-refractivity contribution < 1.29 is 4.57 Å². The average Bonchev–Trinajstić information content (AvgIpc) is 3.22. The Balaban J connectivity index is 1.38. The molecule has 0 aliphatic heterocycles. The van der Waals surface area contributed by atoms with Crippen LogP contribution in [0.5, 0.6) is 0 Å². The topological polar surface area (TPSA) is 121 Å².